The van der Waals surface area contributed by atoms with Crippen LogP contribution in [0, 0.1) is 0 Å². The number of hydrogen-bond acceptors (Lipinski definition) is 3. The highest BCUT2D eigenvalue weighted by atomic mass is 16.5. The fraction of sp³-hybridized carbons (Fsp3) is 0.235. The first-order valence-corrected chi connectivity index (χ1v) is 6.79. The van der Waals surface area contributed by atoms with Crippen molar-refractivity contribution >= 4 is 5.78 Å². The number of para-hydroxylation sites is 1. The van der Waals surface area contributed by atoms with Gasteiger partial charge in [0.05, 0.1) is 18.6 Å². The molecule has 2 aromatic carbocycles. The van der Waals surface area contributed by atoms with Crippen molar-refractivity contribution in [1.82, 2.24) is 0 Å². The van der Waals surface area contributed by atoms with Gasteiger partial charge >= 0.3 is 0 Å². The molecule has 0 aromatic heterocycles. The summed E-state index contributed by atoms with van der Waals surface area (Å²) in [4.78, 5) is 12.1. The topological polar surface area (TPSA) is 35.5 Å². The molecular formula is C17H16O3. The van der Waals surface area contributed by atoms with Gasteiger partial charge in [-0.1, -0.05) is 24.3 Å². The van der Waals surface area contributed by atoms with Gasteiger partial charge in [-0.15, -0.1) is 0 Å². The summed E-state index contributed by atoms with van der Waals surface area (Å²) in [6.45, 7) is 2.60. The second-order valence-electron chi connectivity index (χ2n) is 4.73. The molecule has 3 heteroatoms. The summed E-state index contributed by atoms with van der Waals surface area (Å²) in [6, 6.07) is 15.1. The van der Waals surface area contributed by atoms with E-state index < -0.39 is 0 Å². The molecular weight excluding hydrogens is 252 g/mol. The molecule has 0 N–H and O–H groups in total. The third kappa shape index (κ3) is 2.39. The smallest absolute Gasteiger partial charge is 0.170 e. The molecule has 0 spiro atoms. The lowest BCUT2D eigenvalue weighted by Crippen LogP contribution is -2.20. The van der Waals surface area contributed by atoms with Crippen LogP contribution < -0.4 is 9.47 Å². The molecule has 1 atom stereocenters. The highest BCUT2D eigenvalue weighted by Crippen LogP contribution is 2.34. The molecule has 0 saturated carbocycles. The van der Waals surface area contributed by atoms with Gasteiger partial charge in [-0.05, 0) is 36.8 Å². The number of ether oxygens (including phenoxy) is 2. The number of benzene rings is 2. The zero-order valence-electron chi connectivity index (χ0n) is 11.3. The molecule has 1 aliphatic heterocycles. The van der Waals surface area contributed by atoms with Gasteiger partial charge in [0.15, 0.2) is 5.78 Å². The Bertz CT molecular complexity index is 616. The van der Waals surface area contributed by atoms with E-state index in [1.54, 1.807) is 0 Å². The largest absolute Gasteiger partial charge is 0.494 e. The van der Waals surface area contributed by atoms with E-state index in [2.05, 4.69) is 0 Å². The van der Waals surface area contributed by atoms with Gasteiger partial charge in [0.1, 0.15) is 17.6 Å². The van der Waals surface area contributed by atoms with Crippen LogP contribution in [0.15, 0.2) is 48.5 Å². The van der Waals surface area contributed by atoms with Crippen LogP contribution in [0.25, 0.3) is 0 Å². The second-order valence-corrected chi connectivity index (χ2v) is 4.73. The van der Waals surface area contributed by atoms with E-state index >= 15 is 0 Å². The minimum atomic E-state index is -0.215. The molecule has 0 aliphatic carbocycles. The van der Waals surface area contributed by atoms with Crippen LogP contribution in [0.5, 0.6) is 11.5 Å². The summed E-state index contributed by atoms with van der Waals surface area (Å²) in [5, 5.41) is 0. The predicted molar refractivity (Wildman–Crippen MR) is 76.4 cm³/mol. The third-order valence-corrected chi connectivity index (χ3v) is 3.39. The lowest BCUT2D eigenvalue weighted by atomic mass is 9.96. The van der Waals surface area contributed by atoms with Crippen molar-refractivity contribution < 1.29 is 14.3 Å². The van der Waals surface area contributed by atoms with Crippen LogP contribution >= 0.6 is 0 Å². The van der Waals surface area contributed by atoms with Crippen molar-refractivity contribution in [3.63, 3.8) is 0 Å². The van der Waals surface area contributed by atoms with Gasteiger partial charge in [-0.25, -0.2) is 0 Å². The lowest BCUT2D eigenvalue weighted by Gasteiger charge is -2.25. The van der Waals surface area contributed by atoms with Gasteiger partial charge in [0.2, 0.25) is 0 Å². The van der Waals surface area contributed by atoms with Gasteiger partial charge in [-0.3, -0.25) is 4.79 Å². The Morgan fingerprint density at radius 2 is 1.90 bits per heavy atom. The van der Waals surface area contributed by atoms with Crippen LogP contribution in [-0.2, 0) is 0 Å². The molecule has 3 nitrogen and oxygen atoms in total. The van der Waals surface area contributed by atoms with E-state index in [4.69, 9.17) is 9.47 Å². The Kier molecular flexibility index (Phi) is 3.42. The third-order valence-electron chi connectivity index (χ3n) is 3.39. The minimum Gasteiger partial charge on any atom is -0.494 e. The monoisotopic (exact) mass is 268 g/mol. The summed E-state index contributed by atoms with van der Waals surface area (Å²) in [5.41, 5.74) is 1.67. The van der Waals surface area contributed by atoms with Gasteiger partial charge in [-0.2, -0.15) is 0 Å². The molecule has 20 heavy (non-hydrogen) atoms. The van der Waals surface area contributed by atoms with Crippen molar-refractivity contribution in [2.45, 2.75) is 19.4 Å². The van der Waals surface area contributed by atoms with Crippen LogP contribution in [-0.4, -0.2) is 12.4 Å². The van der Waals surface area contributed by atoms with Crippen molar-refractivity contribution in [2.75, 3.05) is 6.61 Å². The number of rotatable bonds is 3. The van der Waals surface area contributed by atoms with E-state index in [9.17, 15) is 4.79 Å². The maximum atomic E-state index is 12.1. The molecule has 0 fully saturated rings. The first-order chi connectivity index (χ1) is 9.78. The van der Waals surface area contributed by atoms with Crippen LogP contribution in [0.4, 0.5) is 0 Å². The highest BCUT2D eigenvalue weighted by molar-refractivity contribution is 5.99. The van der Waals surface area contributed by atoms with Crippen molar-refractivity contribution in [3.8, 4) is 11.5 Å². The normalized spacial score (nSPS) is 17.2. The van der Waals surface area contributed by atoms with Crippen LogP contribution in [0.3, 0.4) is 0 Å². The summed E-state index contributed by atoms with van der Waals surface area (Å²) >= 11 is 0. The van der Waals surface area contributed by atoms with Gasteiger partial charge in [0, 0.05) is 0 Å². The van der Waals surface area contributed by atoms with Gasteiger partial charge in [0.25, 0.3) is 0 Å². The van der Waals surface area contributed by atoms with Gasteiger partial charge < -0.3 is 9.47 Å². The Hall–Kier alpha value is -2.29. The van der Waals surface area contributed by atoms with E-state index in [0.717, 1.165) is 11.3 Å². The molecule has 0 amide bonds. The molecule has 0 radical (unpaired) electrons. The van der Waals surface area contributed by atoms with Crippen LogP contribution in [0.1, 0.15) is 35.4 Å². The van der Waals surface area contributed by atoms with E-state index in [1.165, 1.54) is 0 Å². The average molecular weight is 268 g/mol. The maximum Gasteiger partial charge on any atom is 0.170 e. The lowest BCUT2D eigenvalue weighted by molar-refractivity contribution is 0.0850. The van der Waals surface area contributed by atoms with Crippen LogP contribution in [0.2, 0.25) is 0 Å². The van der Waals surface area contributed by atoms with Crippen molar-refractivity contribution in [1.29, 1.82) is 0 Å². The van der Waals surface area contributed by atoms with E-state index in [0.29, 0.717) is 24.3 Å². The second kappa shape index (κ2) is 5.37. The number of Topliss-reactive ketones (excluding diaryl/α,β-unsaturated/α-hetero) is 1. The highest BCUT2D eigenvalue weighted by Gasteiger charge is 2.27. The molecule has 3 rings (SSSR count). The van der Waals surface area contributed by atoms with Crippen molar-refractivity contribution in [3.05, 3.63) is 59.7 Å². The number of carbonyl (C=O) groups is 1. The van der Waals surface area contributed by atoms with E-state index in [-0.39, 0.29) is 11.9 Å². The maximum absolute atomic E-state index is 12.1. The summed E-state index contributed by atoms with van der Waals surface area (Å²) in [6.07, 6.45) is 0.165. The molecule has 0 saturated heterocycles. The zero-order valence-corrected chi connectivity index (χ0v) is 11.3. The fourth-order valence-electron chi connectivity index (χ4n) is 2.40. The summed E-state index contributed by atoms with van der Waals surface area (Å²) in [7, 11) is 0. The summed E-state index contributed by atoms with van der Waals surface area (Å²) in [5.74, 6) is 1.63. The Labute approximate surface area is 118 Å². The molecule has 0 bridgehead atoms. The number of carbonyl (C=O) groups excluding carboxylic acids is 1. The fourth-order valence-corrected chi connectivity index (χ4v) is 2.40. The van der Waals surface area contributed by atoms with Crippen molar-refractivity contribution in [2.24, 2.45) is 0 Å². The first kappa shape index (κ1) is 12.7. The number of ketones is 1. The van der Waals surface area contributed by atoms with E-state index in [1.807, 2.05) is 55.5 Å². The standard InChI is InChI=1S/C17H16O3/c1-2-19-13-9-7-12(8-10-13)17-11-15(18)14-5-3-4-6-16(14)20-17/h3-10,17H,2,11H2,1H3. The molecule has 1 aliphatic rings. The molecule has 1 heterocycles. The first-order valence-electron chi connectivity index (χ1n) is 6.79. The quantitative estimate of drug-likeness (QED) is 0.849. The minimum absolute atomic E-state index is 0.130. The molecule has 1 unspecified atom stereocenters. The molecule has 2 aromatic rings. The Morgan fingerprint density at radius 1 is 1.15 bits per heavy atom. The molecule has 102 valence electrons. The number of fused-ring (bicyclic) bond motifs is 1. The SMILES string of the molecule is CCOc1ccc(C2CC(=O)c3ccccc3O2)cc1. The number of hydrogen-bond donors (Lipinski definition) is 0. The summed E-state index contributed by atoms with van der Waals surface area (Å²) < 4.78 is 11.3. The zero-order chi connectivity index (χ0) is 13.9. The average Bonchev–Trinajstić information content (AvgIpc) is 2.48. The predicted octanol–water partition coefficient (Wildman–Crippen LogP) is 3.79. The Balaban J connectivity index is 1.84. The Morgan fingerprint density at radius 3 is 2.65 bits per heavy atom.